The summed E-state index contributed by atoms with van der Waals surface area (Å²) >= 11 is 0. The van der Waals surface area contributed by atoms with Crippen molar-refractivity contribution in [1.82, 2.24) is 15.0 Å². The van der Waals surface area contributed by atoms with Crippen LogP contribution in [0.25, 0.3) is 88.8 Å². The Hall–Kier alpha value is -7.89. The second-order valence-corrected chi connectivity index (χ2v) is 14.5. The van der Waals surface area contributed by atoms with Gasteiger partial charge >= 0.3 is 0 Å². The van der Waals surface area contributed by atoms with E-state index in [-0.39, 0.29) is 0 Å². The normalized spacial score (nSPS) is 11.4. The predicted molar refractivity (Wildman–Crippen MR) is 239 cm³/mol. The number of anilines is 3. The van der Waals surface area contributed by atoms with E-state index in [0.717, 1.165) is 66.5 Å². The summed E-state index contributed by atoms with van der Waals surface area (Å²) in [6.07, 6.45) is 0. The van der Waals surface area contributed by atoms with Gasteiger partial charge in [0.1, 0.15) is 11.2 Å². The first-order valence-corrected chi connectivity index (χ1v) is 19.4. The molecule has 5 nitrogen and oxygen atoms in total. The fourth-order valence-corrected chi connectivity index (χ4v) is 8.01. The van der Waals surface area contributed by atoms with Crippen LogP contribution in [0.2, 0.25) is 0 Å². The van der Waals surface area contributed by atoms with Gasteiger partial charge in [-0.15, -0.1) is 0 Å². The van der Waals surface area contributed by atoms with Crippen LogP contribution in [0.3, 0.4) is 0 Å². The number of aromatic nitrogens is 3. The van der Waals surface area contributed by atoms with E-state index >= 15 is 0 Å². The van der Waals surface area contributed by atoms with Crippen molar-refractivity contribution in [2.75, 3.05) is 4.90 Å². The van der Waals surface area contributed by atoms with Gasteiger partial charge in [-0.1, -0.05) is 146 Å². The lowest BCUT2D eigenvalue weighted by atomic mass is 10.0. The lowest BCUT2D eigenvalue weighted by Gasteiger charge is -2.25. The molecule has 0 aliphatic heterocycles. The zero-order chi connectivity index (χ0) is 38.4. The van der Waals surface area contributed by atoms with E-state index in [4.69, 9.17) is 19.4 Å². The maximum absolute atomic E-state index is 6.68. The summed E-state index contributed by atoms with van der Waals surface area (Å²) in [5, 5.41) is 6.54. The van der Waals surface area contributed by atoms with Crippen LogP contribution in [0.4, 0.5) is 17.1 Å². The Morgan fingerprint density at radius 3 is 1.50 bits per heavy atom. The Labute approximate surface area is 335 Å². The predicted octanol–water partition coefficient (Wildman–Crippen LogP) is 14.2. The van der Waals surface area contributed by atoms with E-state index < -0.39 is 0 Å². The Morgan fingerprint density at radius 2 is 0.845 bits per heavy atom. The summed E-state index contributed by atoms with van der Waals surface area (Å²) in [6.45, 7) is 0. The fraction of sp³-hybridized carbons (Fsp3) is 0. The monoisotopic (exact) mass is 742 g/mol. The molecule has 0 atom stereocenters. The van der Waals surface area contributed by atoms with E-state index in [2.05, 4.69) is 187 Å². The van der Waals surface area contributed by atoms with E-state index in [1.54, 1.807) is 0 Å². The van der Waals surface area contributed by atoms with Crippen molar-refractivity contribution in [2.24, 2.45) is 0 Å². The molecule has 0 saturated heterocycles. The molecule has 0 radical (unpaired) electrons. The highest BCUT2D eigenvalue weighted by Gasteiger charge is 2.20. The number of rotatable bonds is 7. The van der Waals surface area contributed by atoms with Crippen LogP contribution >= 0.6 is 0 Å². The molecule has 11 rings (SSSR count). The number of fused-ring (bicyclic) bond motifs is 5. The average Bonchev–Trinajstić information content (AvgIpc) is 3.68. The Kier molecular flexibility index (Phi) is 8.07. The van der Waals surface area contributed by atoms with Crippen molar-refractivity contribution in [3.63, 3.8) is 0 Å². The van der Waals surface area contributed by atoms with Gasteiger partial charge in [0.05, 0.1) is 0 Å². The van der Waals surface area contributed by atoms with Crippen LogP contribution < -0.4 is 4.90 Å². The van der Waals surface area contributed by atoms with Crippen LogP contribution in [-0.4, -0.2) is 15.0 Å². The molecule has 0 amide bonds. The van der Waals surface area contributed by atoms with Crippen LogP contribution in [0, 0.1) is 0 Å². The number of para-hydroxylation sites is 1. The minimum absolute atomic E-state index is 0.586. The first-order chi connectivity index (χ1) is 28.7. The van der Waals surface area contributed by atoms with E-state index in [1.807, 2.05) is 24.3 Å². The van der Waals surface area contributed by atoms with Crippen molar-refractivity contribution in [2.45, 2.75) is 0 Å². The number of furan rings is 1. The van der Waals surface area contributed by atoms with Gasteiger partial charge in [-0.05, 0) is 87.3 Å². The third-order valence-corrected chi connectivity index (χ3v) is 10.9. The maximum atomic E-state index is 6.68. The largest absolute Gasteiger partial charge is 0.456 e. The topological polar surface area (TPSA) is 55.1 Å². The molecule has 5 heteroatoms. The third-order valence-electron chi connectivity index (χ3n) is 10.9. The van der Waals surface area contributed by atoms with Gasteiger partial charge in [0.25, 0.3) is 0 Å². The third kappa shape index (κ3) is 6.03. The van der Waals surface area contributed by atoms with Gasteiger partial charge in [-0.2, -0.15) is 0 Å². The summed E-state index contributed by atoms with van der Waals surface area (Å²) in [4.78, 5) is 17.7. The molecule has 0 spiro atoms. The molecule has 0 aliphatic rings. The maximum Gasteiger partial charge on any atom is 0.164 e. The molecule has 9 aromatic carbocycles. The zero-order valence-corrected chi connectivity index (χ0v) is 31.3. The molecule has 2 aromatic heterocycles. The second kappa shape index (κ2) is 14.0. The summed E-state index contributed by atoms with van der Waals surface area (Å²) in [5.74, 6) is 1.81. The Bertz CT molecular complexity index is 3190. The van der Waals surface area contributed by atoms with Crippen molar-refractivity contribution in [3.05, 3.63) is 206 Å². The highest BCUT2D eigenvalue weighted by Crippen LogP contribution is 2.41. The van der Waals surface area contributed by atoms with Crippen LogP contribution in [0.5, 0.6) is 0 Å². The highest BCUT2D eigenvalue weighted by atomic mass is 16.3. The molecule has 0 saturated carbocycles. The average molecular weight is 743 g/mol. The van der Waals surface area contributed by atoms with Crippen molar-refractivity contribution in [3.8, 4) is 45.3 Å². The van der Waals surface area contributed by atoms with Gasteiger partial charge in [0.15, 0.2) is 17.5 Å². The molecule has 2 heterocycles. The number of benzene rings is 9. The molecule has 58 heavy (non-hydrogen) atoms. The quantitative estimate of drug-likeness (QED) is 0.163. The number of hydrogen-bond acceptors (Lipinski definition) is 5. The fourth-order valence-electron chi connectivity index (χ4n) is 8.01. The lowest BCUT2D eigenvalue weighted by molar-refractivity contribution is 0.669. The molecule has 0 bridgehead atoms. The summed E-state index contributed by atoms with van der Waals surface area (Å²) in [6, 6.07) is 71.7. The molecule has 0 N–H and O–H groups in total. The molecule has 0 aliphatic carbocycles. The number of hydrogen-bond donors (Lipinski definition) is 0. The van der Waals surface area contributed by atoms with Crippen LogP contribution in [-0.2, 0) is 0 Å². The summed E-state index contributed by atoms with van der Waals surface area (Å²) in [7, 11) is 0. The van der Waals surface area contributed by atoms with Gasteiger partial charge < -0.3 is 9.32 Å². The van der Waals surface area contributed by atoms with Gasteiger partial charge in [0, 0.05) is 50.6 Å². The van der Waals surface area contributed by atoms with E-state index in [0.29, 0.717) is 17.5 Å². The van der Waals surface area contributed by atoms with Crippen molar-refractivity contribution >= 4 is 60.5 Å². The van der Waals surface area contributed by atoms with Gasteiger partial charge in [-0.25, -0.2) is 15.0 Å². The molecular weight excluding hydrogens is 709 g/mol. The molecular formula is C53H34N4O. The SMILES string of the molecule is c1ccc(-c2ccc(N(c3ccccc3)c3ccc4c(c3)oc3cccc(-c5nc(-c6ccc7ccccc7c6)nc(-c6ccc7ccccc7c6)n5)c34)cc2)cc1. The minimum Gasteiger partial charge on any atom is -0.456 e. The molecule has 272 valence electrons. The summed E-state index contributed by atoms with van der Waals surface area (Å²) in [5.41, 5.74) is 9.73. The first kappa shape index (κ1) is 33.4. The lowest BCUT2D eigenvalue weighted by Crippen LogP contribution is -2.09. The van der Waals surface area contributed by atoms with E-state index in [1.165, 1.54) is 21.9 Å². The summed E-state index contributed by atoms with van der Waals surface area (Å²) < 4.78 is 6.68. The van der Waals surface area contributed by atoms with E-state index in [9.17, 15) is 0 Å². The first-order valence-electron chi connectivity index (χ1n) is 19.4. The Morgan fingerprint density at radius 1 is 0.328 bits per heavy atom. The number of nitrogens with zero attached hydrogens (tertiary/aromatic N) is 4. The van der Waals surface area contributed by atoms with Gasteiger partial charge in [0.2, 0.25) is 0 Å². The standard InChI is InChI=1S/C53H34N4O/c1-3-12-35(13-4-1)38-26-28-44(29-27-38)57(43-18-5-2-6-19-43)45-30-31-46-49(34-45)58-48-21-11-20-47(50(46)48)53-55-51(41-24-22-36-14-7-9-16-39(36)32-41)54-52(56-53)42-25-23-37-15-8-10-17-40(37)33-42/h1-34H. The smallest absolute Gasteiger partial charge is 0.164 e. The van der Waals surface area contributed by atoms with Crippen LogP contribution in [0.15, 0.2) is 211 Å². The zero-order valence-electron chi connectivity index (χ0n) is 31.3. The van der Waals surface area contributed by atoms with Crippen molar-refractivity contribution < 1.29 is 4.42 Å². The van der Waals surface area contributed by atoms with Crippen LogP contribution in [0.1, 0.15) is 0 Å². The van der Waals surface area contributed by atoms with Crippen molar-refractivity contribution in [1.29, 1.82) is 0 Å². The highest BCUT2D eigenvalue weighted by molar-refractivity contribution is 6.12. The molecule has 0 unspecified atom stereocenters. The molecule has 0 fully saturated rings. The molecule has 11 aromatic rings. The minimum atomic E-state index is 0.586. The Balaban J connectivity index is 1.06. The van der Waals surface area contributed by atoms with Gasteiger partial charge in [-0.3, -0.25) is 0 Å². The second-order valence-electron chi connectivity index (χ2n) is 14.5.